The molecule has 5 nitrogen and oxygen atoms in total. The van der Waals surface area contributed by atoms with Gasteiger partial charge in [-0.3, -0.25) is 4.79 Å². The molecular weight excluding hydrogens is 268 g/mol. The van der Waals surface area contributed by atoms with E-state index in [0.717, 1.165) is 32.1 Å². The second-order valence-electron chi connectivity index (χ2n) is 6.73. The monoisotopic (exact) mass is 298 g/mol. The molecular formula is C16H30N2O3. The predicted molar refractivity (Wildman–Crippen MR) is 83.2 cm³/mol. The molecule has 5 heteroatoms. The maximum atomic E-state index is 12.3. The average molecular weight is 298 g/mol. The summed E-state index contributed by atoms with van der Waals surface area (Å²) in [6.07, 6.45) is 5.33. The van der Waals surface area contributed by atoms with E-state index >= 15 is 0 Å². The van der Waals surface area contributed by atoms with Crippen molar-refractivity contribution < 1.29 is 14.7 Å². The fourth-order valence-corrected chi connectivity index (χ4v) is 3.08. The third-order valence-corrected chi connectivity index (χ3v) is 4.44. The molecule has 2 N–H and O–H groups in total. The SMILES string of the molecule is CC(C)CC(C)N(C)C(=O)NC1CCCCCC1C(=O)O. The van der Waals surface area contributed by atoms with Crippen LogP contribution in [0.15, 0.2) is 0 Å². The van der Waals surface area contributed by atoms with E-state index in [-0.39, 0.29) is 18.1 Å². The summed E-state index contributed by atoms with van der Waals surface area (Å²) in [7, 11) is 1.79. The molecule has 3 unspecified atom stereocenters. The number of amides is 2. The van der Waals surface area contributed by atoms with Gasteiger partial charge in [-0.2, -0.15) is 0 Å². The molecule has 3 atom stereocenters. The standard InChI is InChI=1S/C16H30N2O3/c1-11(2)10-12(3)18(4)16(21)17-14-9-7-5-6-8-13(14)15(19)20/h11-14H,5-10H2,1-4H3,(H,17,21)(H,19,20). The van der Waals surface area contributed by atoms with E-state index in [2.05, 4.69) is 19.2 Å². The maximum absolute atomic E-state index is 12.3. The predicted octanol–water partition coefficient (Wildman–Crippen LogP) is 3.10. The number of carbonyl (C=O) groups is 2. The van der Waals surface area contributed by atoms with Gasteiger partial charge in [0.1, 0.15) is 0 Å². The Morgan fingerprint density at radius 3 is 2.38 bits per heavy atom. The Hall–Kier alpha value is -1.26. The summed E-state index contributed by atoms with van der Waals surface area (Å²) in [5, 5.41) is 12.3. The number of hydrogen-bond donors (Lipinski definition) is 2. The molecule has 1 saturated carbocycles. The van der Waals surface area contributed by atoms with Crippen LogP contribution < -0.4 is 5.32 Å². The zero-order valence-electron chi connectivity index (χ0n) is 13.8. The van der Waals surface area contributed by atoms with Gasteiger partial charge in [0, 0.05) is 19.1 Å². The third-order valence-electron chi connectivity index (χ3n) is 4.44. The molecule has 0 saturated heterocycles. The Morgan fingerprint density at radius 1 is 1.19 bits per heavy atom. The van der Waals surface area contributed by atoms with Crippen LogP contribution in [0.5, 0.6) is 0 Å². The van der Waals surface area contributed by atoms with Gasteiger partial charge in [-0.05, 0) is 32.1 Å². The van der Waals surface area contributed by atoms with Gasteiger partial charge in [0.15, 0.2) is 0 Å². The van der Waals surface area contributed by atoms with Crippen LogP contribution in [-0.2, 0) is 4.79 Å². The smallest absolute Gasteiger partial charge is 0.317 e. The molecule has 0 heterocycles. The maximum Gasteiger partial charge on any atom is 0.317 e. The number of carboxylic acids is 1. The first kappa shape index (κ1) is 17.8. The van der Waals surface area contributed by atoms with Gasteiger partial charge in [-0.25, -0.2) is 4.79 Å². The highest BCUT2D eigenvalue weighted by molar-refractivity contribution is 5.77. The van der Waals surface area contributed by atoms with Gasteiger partial charge < -0.3 is 15.3 Å². The quantitative estimate of drug-likeness (QED) is 0.766. The van der Waals surface area contributed by atoms with E-state index in [1.54, 1.807) is 11.9 Å². The average Bonchev–Trinajstić information content (AvgIpc) is 2.62. The Labute approximate surface area is 128 Å². The van der Waals surface area contributed by atoms with Crippen LogP contribution in [0.3, 0.4) is 0 Å². The highest BCUT2D eigenvalue weighted by Crippen LogP contribution is 2.24. The number of urea groups is 1. The van der Waals surface area contributed by atoms with Crippen molar-refractivity contribution in [1.29, 1.82) is 0 Å². The first-order chi connectivity index (χ1) is 9.82. The first-order valence-corrected chi connectivity index (χ1v) is 8.09. The second kappa shape index (κ2) is 8.25. The summed E-state index contributed by atoms with van der Waals surface area (Å²) in [5.41, 5.74) is 0. The lowest BCUT2D eigenvalue weighted by Crippen LogP contribution is -2.50. The topological polar surface area (TPSA) is 69.6 Å². The largest absolute Gasteiger partial charge is 0.481 e. The van der Waals surface area contributed by atoms with Crippen LogP contribution in [0, 0.1) is 11.8 Å². The summed E-state index contributed by atoms with van der Waals surface area (Å²) < 4.78 is 0. The summed E-state index contributed by atoms with van der Waals surface area (Å²) in [6, 6.07) is -0.244. The van der Waals surface area contributed by atoms with Crippen molar-refractivity contribution in [2.45, 2.75) is 71.4 Å². The minimum Gasteiger partial charge on any atom is -0.481 e. The van der Waals surface area contributed by atoms with Crippen molar-refractivity contribution in [2.24, 2.45) is 11.8 Å². The normalized spacial score (nSPS) is 24.2. The fourth-order valence-electron chi connectivity index (χ4n) is 3.08. The molecule has 0 aromatic carbocycles. The van der Waals surface area contributed by atoms with Crippen LogP contribution >= 0.6 is 0 Å². The number of rotatable bonds is 5. The lowest BCUT2D eigenvalue weighted by molar-refractivity contribution is -0.142. The molecule has 0 spiro atoms. The van der Waals surface area contributed by atoms with Crippen molar-refractivity contribution in [3.63, 3.8) is 0 Å². The zero-order chi connectivity index (χ0) is 16.0. The number of nitrogens with one attached hydrogen (secondary N) is 1. The summed E-state index contributed by atoms with van der Waals surface area (Å²) >= 11 is 0. The van der Waals surface area contributed by atoms with Gasteiger partial charge in [0.25, 0.3) is 0 Å². The van der Waals surface area contributed by atoms with Crippen molar-refractivity contribution in [2.75, 3.05) is 7.05 Å². The molecule has 0 bridgehead atoms. The lowest BCUT2D eigenvalue weighted by Gasteiger charge is -2.30. The molecule has 1 rings (SSSR count). The minimum atomic E-state index is -0.792. The van der Waals surface area contributed by atoms with Gasteiger partial charge >= 0.3 is 12.0 Å². The third kappa shape index (κ3) is 5.56. The van der Waals surface area contributed by atoms with Gasteiger partial charge in [-0.1, -0.05) is 33.1 Å². The summed E-state index contributed by atoms with van der Waals surface area (Å²) in [6.45, 7) is 6.29. The molecule has 1 aliphatic carbocycles. The Balaban J connectivity index is 2.63. The van der Waals surface area contributed by atoms with Crippen LogP contribution in [0.2, 0.25) is 0 Å². The van der Waals surface area contributed by atoms with Gasteiger partial charge in [-0.15, -0.1) is 0 Å². The number of carbonyl (C=O) groups excluding carboxylic acids is 1. The Morgan fingerprint density at radius 2 is 1.81 bits per heavy atom. The molecule has 21 heavy (non-hydrogen) atoms. The molecule has 0 aromatic heterocycles. The molecule has 0 aromatic rings. The van der Waals surface area contributed by atoms with Crippen molar-refractivity contribution in [1.82, 2.24) is 10.2 Å². The number of hydrogen-bond acceptors (Lipinski definition) is 2. The number of nitrogens with zero attached hydrogens (tertiary/aromatic N) is 1. The Kier molecular flexibility index (Phi) is 6.99. The highest BCUT2D eigenvalue weighted by atomic mass is 16.4. The highest BCUT2D eigenvalue weighted by Gasteiger charge is 2.31. The molecule has 1 fully saturated rings. The minimum absolute atomic E-state index is 0.152. The van der Waals surface area contributed by atoms with Crippen molar-refractivity contribution >= 4 is 12.0 Å². The number of aliphatic carboxylic acids is 1. The summed E-state index contributed by atoms with van der Waals surface area (Å²) in [4.78, 5) is 25.4. The van der Waals surface area contributed by atoms with Crippen LogP contribution in [0.1, 0.15) is 59.3 Å². The van der Waals surface area contributed by atoms with Crippen LogP contribution in [0.25, 0.3) is 0 Å². The molecule has 122 valence electrons. The zero-order valence-corrected chi connectivity index (χ0v) is 13.8. The Bertz CT molecular complexity index is 357. The molecule has 2 amide bonds. The van der Waals surface area contributed by atoms with Crippen molar-refractivity contribution in [3.8, 4) is 0 Å². The lowest BCUT2D eigenvalue weighted by atomic mass is 9.95. The molecule has 1 aliphatic rings. The van der Waals surface area contributed by atoms with E-state index in [0.29, 0.717) is 12.3 Å². The van der Waals surface area contributed by atoms with Crippen LogP contribution in [-0.4, -0.2) is 41.1 Å². The second-order valence-corrected chi connectivity index (χ2v) is 6.73. The van der Waals surface area contributed by atoms with Crippen LogP contribution in [0.4, 0.5) is 4.79 Å². The van der Waals surface area contributed by atoms with E-state index in [1.165, 1.54) is 0 Å². The summed E-state index contributed by atoms with van der Waals surface area (Å²) in [5.74, 6) is -0.717. The first-order valence-electron chi connectivity index (χ1n) is 8.09. The van der Waals surface area contributed by atoms with Gasteiger partial charge in [0.2, 0.25) is 0 Å². The van der Waals surface area contributed by atoms with E-state index < -0.39 is 11.9 Å². The van der Waals surface area contributed by atoms with E-state index in [1.807, 2.05) is 6.92 Å². The number of carboxylic acid groups (broad SMARTS) is 1. The van der Waals surface area contributed by atoms with E-state index in [9.17, 15) is 14.7 Å². The molecule has 0 radical (unpaired) electrons. The van der Waals surface area contributed by atoms with Crippen molar-refractivity contribution in [3.05, 3.63) is 0 Å². The molecule has 0 aliphatic heterocycles. The fraction of sp³-hybridized carbons (Fsp3) is 0.875. The van der Waals surface area contributed by atoms with Gasteiger partial charge in [0.05, 0.1) is 5.92 Å². The van der Waals surface area contributed by atoms with E-state index in [4.69, 9.17) is 0 Å².